The van der Waals surface area contributed by atoms with E-state index < -0.39 is 5.41 Å². The van der Waals surface area contributed by atoms with Crippen molar-refractivity contribution in [2.45, 2.75) is 5.41 Å². The van der Waals surface area contributed by atoms with Gasteiger partial charge in [-0.2, -0.15) is 61.3 Å². The summed E-state index contributed by atoms with van der Waals surface area (Å²) < 4.78 is 0. The van der Waals surface area contributed by atoms with Gasteiger partial charge in [-0.1, -0.05) is 60.2 Å². The number of pyridine rings is 2. The molecule has 1 atom stereocenters. The first-order valence-corrected chi connectivity index (χ1v) is 15.6. The van der Waals surface area contributed by atoms with Crippen LogP contribution in [0.5, 0.6) is 0 Å². The molecule has 0 fully saturated rings. The maximum atomic E-state index is 5.18. The summed E-state index contributed by atoms with van der Waals surface area (Å²) in [6.45, 7) is 2.08. The molecule has 1 radical (unpaired) electrons. The van der Waals surface area contributed by atoms with Crippen LogP contribution in [0.1, 0.15) is 22.5 Å². The van der Waals surface area contributed by atoms with E-state index in [2.05, 4.69) is 121 Å². The molecule has 1 aliphatic carbocycles. The van der Waals surface area contributed by atoms with Gasteiger partial charge in [-0.25, -0.2) is 0 Å². The second kappa shape index (κ2) is 13.4. The minimum absolute atomic E-state index is 0. The second-order valence-electron chi connectivity index (χ2n) is 11.5. The maximum absolute atomic E-state index is 5.18. The Labute approximate surface area is 295 Å². The van der Waals surface area contributed by atoms with Crippen LogP contribution >= 0.6 is 0 Å². The van der Waals surface area contributed by atoms with E-state index in [4.69, 9.17) is 9.97 Å². The fourth-order valence-electron chi connectivity index (χ4n) is 6.73. The monoisotopic (exact) mass is 795 g/mol. The molecule has 0 amide bonds. The summed E-state index contributed by atoms with van der Waals surface area (Å²) >= 11 is 0. The summed E-state index contributed by atoms with van der Waals surface area (Å²) in [6, 6.07) is 61.5. The van der Waals surface area contributed by atoms with Crippen LogP contribution in [-0.4, -0.2) is 17.0 Å². The third kappa shape index (κ3) is 5.32. The summed E-state index contributed by atoms with van der Waals surface area (Å²) in [5.74, 6) is 0. The van der Waals surface area contributed by atoms with Gasteiger partial charge in [0.2, 0.25) is 0 Å². The van der Waals surface area contributed by atoms with Gasteiger partial charge in [0.05, 0.1) is 11.1 Å². The Hall–Kier alpha value is -5.35. The molecule has 9 rings (SSSR count). The summed E-state index contributed by atoms with van der Waals surface area (Å²) in [7, 11) is 2.06. The summed E-state index contributed by atoms with van der Waals surface area (Å²) in [5, 5.41) is 0. The number of fused-ring (bicyclic) bond motifs is 4. The minimum Gasteiger partial charge on any atom is -0.504 e. The third-order valence-corrected chi connectivity index (χ3v) is 8.78. The first-order chi connectivity index (χ1) is 23.2. The van der Waals surface area contributed by atoms with Gasteiger partial charge in [0.25, 0.3) is 0 Å². The van der Waals surface area contributed by atoms with Gasteiger partial charge in [-0.05, 0) is 48.6 Å². The molecule has 2 aliphatic rings. The average Bonchev–Trinajstić information content (AvgIpc) is 3.66. The standard InChI is InChI=1S/C29H18N2.C14H12N2.Ir/c1-2-11-21(12-3-1)26-17-10-19-28(31-26)29(27-18-8-9-20-30-27)24-15-6-4-13-22(24)23-14-5-7-16-25(23)29;1-15-11-16(12-7-3-2-4-8-12)14-10-6-5-9-13(14)15;/h1-11,13-15,17-20H;2-7,9-11H,1H3;/q2*-2;/t29-;;/m0../s1. The van der Waals surface area contributed by atoms with Crippen molar-refractivity contribution < 1.29 is 20.1 Å². The molecule has 5 aromatic carbocycles. The summed E-state index contributed by atoms with van der Waals surface area (Å²) in [5.41, 5.74) is 11.3. The van der Waals surface area contributed by atoms with Gasteiger partial charge in [-0.3, -0.25) is 9.97 Å². The van der Waals surface area contributed by atoms with Gasteiger partial charge in [0.15, 0.2) is 0 Å². The van der Waals surface area contributed by atoms with E-state index in [0.29, 0.717) is 0 Å². The van der Waals surface area contributed by atoms with Crippen molar-refractivity contribution in [3.8, 4) is 22.4 Å². The number of hydrogen-bond donors (Lipinski definition) is 0. The van der Waals surface area contributed by atoms with Crippen molar-refractivity contribution in [2.24, 2.45) is 0 Å². The van der Waals surface area contributed by atoms with E-state index in [1.807, 2.05) is 79.0 Å². The number of anilines is 3. The zero-order chi connectivity index (χ0) is 31.6. The van der Waals surface area contributed by atoms with Crippen molar-refractivity contribution in [1.29, 1.82) is 0 Å². The third-order valence-electron chi connectivity index (χ3n) is 8.78. The molecule has 235 valence electrons. The van der Waals surface area contributed by atoms with E-state index in [0.717, 1.165) is 33.9 Å². The summed E-state index contributed by atoms with van der Waals surface area (Å²) in [4.78, 5) is 14.3. The number of aromatic nitrogens is 2. The molecule has 0 saturated heterocycles. The molecule has 1 aliphatic heterocycles. The average molecular weight is 795 g/mol. The zero-order valence-corrected chi connectivity index (χ0v) is 28.6. The van der Waals surface area contributed by atoms with Crippen molar-refractivity contribution in [3.05, 3.63) is 205 Å². The molecule has 7 aromatic rings. The zero-order valence-electron chi connectivity index (χ0n) is 26.2. The summed E-state index contributed by atoms with van der Waals surface area (Å²) in [6.07, 6.45) is 1.86. The Morgan fingerprint density at radius 3 is 2.10 bits per heavy atom. The van der Waals surface area contributed by atoms with Crippen molar-refractivity contribution in [3.63, 3.8) is 0 Å². The van der Waals surface area contributed by atoms with Crippen LogP contribution in [-0.2, 0) is 25.5 Å². The molecule has 2 aromatic heterocycles. The van der Waals surface area contributed by atoms with Gasteiger partial charge in [0.1, 0.15) is 0 Å². The number of hydrogen-bond acceptors (Lipinski definition) is 4. The van der Waals surface area contributed by atoms with E-state index >= 15 is 0 Å². The van der Waals surface area contributed by atoms with Crippen LogP contribution < -0.4 is 9.80 Å². The smallest absolute Gasteiger partial charge is 0.0814 e. The molecule has 5 heteroatoms. The van der Waals surface area contributed by atoms with Crippen LogP contribution in [0, 0.1) is 24.9 Å². The second-order valence-corrected chi connectivity index (χ2v) is 11.5. The Balaban J connectivity index is 0.000000181. The van der Waals surface area contributed by atoms with Crippen LogP contribution in [0.3, 0.4) is 0 Å². The van der Waals surface area contributed by atoms with Gasteiger partial charge < -0.3 is 9.80 Å². The Kier molecular flexibility index (Phi) is 8.73. The normalized spacial score (nSPS) is 15.4. The SMILES string of the molecule is CN1[CH-]N(c2[c-]cccc2)c2ccccc21.[Ir].[c-]1ccccc1-c1cccc([C@]2(c3ccccn3)c3[c-]cccc3-c3ccccc32)n1. The van der Waals surface area contributed by atoms with Crippen molar-refractivity contribution >= 4 is 17.1 Å². The van der Waals surface area contributed by atoms with Crippen LogP contribution in [0.4, 0.5) is 17.1 Å². The molecule has 0 unspecified atom stereocenters. The number of para-hydroxylation sites is 3. The Bertz CT molecular complexity index is 2110. The largest absolute Gasteiger partial charge is 0.504 e. The number of nitrogens with zero attached hydrogens (tertiary/aromatic N) is 4. The fraction of sp³-hybridized carbons (Fsp3) is 0.0465. The van der Waals surface area contributed by atoms with Crippen molar-refractivity contribution in [1.82, 2.24) is 9.97 Å². The van der Waals surface area contributed by atoms with Crippen LogP contribution in [0.15, 0.2) is 158 Å². The minimum atomic E-state index is -0.626. The molecule has 0 N–H and O–H groups in total. The molecule has 48 heavy (non-hydrogen) atoms. The maximum Gasteiger partial charge on any atom is 0.0814 e. The van der Waals surface area contributed by atoms with E-state index in [9.17, 15) is 0 Å². The topological polar surface area (TPSA) is 32.3 Å². The molecule has 3 heterocycles. The predicted octanol–water partition coefficient (Wildman–Crippen LogP) is 9.30. The Morgan fingerprint density at radius 2 is 1.31 bits per heavy atom. The first-order valence-electron chi connectivity index (χ1n) is 15.6. The first kappa shape index (κ1) is 31.3. The van der Waals surface area contributed by atoms with Gasteiger partial charge in [0, 0.05) is 43.4 Å². The molecular weight excluding hydrogens is 765 g/mol. The van der Waals surface area contributed by atoms with E-state index in [1.54, 1.807) is 0 Å². The predicted molar refractivity (Wildman–Crippen MR) is 189 cm³/mol. The number of benzene rings is 5. The molecule has 0 saturated carbocycles. The van der Waals surface area contributed by atoms with E-state index in [-0.39, 0.29) is 20.1 Å². The molecule has 4 nitrogen and oxygen atoms in total. The molecular formula is C43H30IrN4-4. The fourth-order valence-corrected chi connectivity index (χ4v) is 6.73. The van der Waals surface area contributed by atoms with Crippen LogP contribution in [0.2, 0.25) is 0 Å². The van der Waals surface area contributed by atoms with Gasteiger partial charge >= 0.3 is 0 Å². The van der Waals surface area contributed by atoms with Crippen LogP contribution in [0.25, 0.3) is 22.4 Å². The Morgan fingerprint density at radius 1 is 0.604 bits per heavy atom. The van der Waals surface area contributed by atoms with Crippen molar-refractivity contribution in [2.75, 3.05) is 16.8 Å². The molecule has 0 bridgehead atoms. The van der Waals surface area contributed by atoms with E-state index in [1.165, 1.54) is 28.1 Å². The number of rotatable bonds is 4. The van der Waals surface area contributed by atoms with Gasteiger partial charge in [-0.15, -0.1) is 52.7 Å². The quantitative estimate of drug-likeness (QED) is 0.167. The molecule has 0 spiro atoms.